The summed E-state index contributed by atoms with van der Waals surface area (Å²) < 4.78 is 14.1. The van der Waals surface area contributed by atoms with E-state index in [0.29, 0.717) is 0 Å². The van der Waals surface area contributed by atoms with E-state index in [1.165, 1.54) is 6.92 Å². The molecule has 0 aromatic rings. The molecule has 1 heterocycles. The lowest BCUT2D eigenvalue weighted by Crippen LogP contribution is -2.47. The van der Waals surface area contributed by atoms with Gasteiger partial charge in [0.2, 0.25) is 5.79 Å². The molecule has 104 valence electrons. The van der Waals surface area contributed by atoms with E-state index in [1.807, 2.05) is 0 Å². The minimum absolute atomic E-state index is 0.323. The van der Waals surface area contributed by atoms with Gasteiger partial charge in [-0.3, -0.25) is 9.59 Å². The first-order valence-electron chi connectivity index (χ1n) is 5.29. The highest BCUT2D eigenvalue weighted by Crippen LogP contribution is 2.29. The van der Waals surface area contributed by atoms with E-state index in [4.69, 9.17) is 4.74 Å². The van der Waals surface area contributed by atoms with Crippen molar-refractivity contribution in [1.29, 1.82) is 0 Å². The molecule has 8 heteroatoms. The van der Waals surface area contributed by atoms with Crippen LogP contribution < -0.4 is 0 Å². The number of hydrogen-bond donors (Lipinski definition) is 3. The molecule has 1 rings (SSSR count). The second-order valence-electron chi connectivity index (χ2n) is 4.02. The van der Waals surface area contributed by atoms with Crippen LogP contribution in [-0.2, 0) is 23.8 Å². The SMILES string of the molecule is CC(=O)OC[C@H]1OC(O)(COC(C)=O)[C@H](O)[C@@H]1O. The van der Waals surface area contributed by atoms with Crippen molar-refractivity contribution in [2.45, 2.75) is 37.9 Å². The minimum Gasteiger partial charge on any atom is -0.463 e. The van der Waals surface area contributed by atoms with Gasteiger partial charge in [0.25, 0.3) is 0 Å². The van der Waals surface area contributed by atoms with Gasteiger partial charge in [0.15, 0.2) is 0 Å². The van der Waals surface area contributed by atoms with Crippen molar-refractivity contribution < 1.29 is 39.1 Å². The number of rotatable bonds is 4. The largest absolute Gasteiger partial charge is 0.463 e. The normalized spacial score (nSPS) is 35.3. The molecule has 4 atom stereocenters. The molecule has 0 radical (unpaired) electrons. The summed E-state index contributed by atoms with van der Waals surface area (Å²) in [7, 11) is 0. The number of esters is 2. The molecule has 1 aliphatic rings. The fraction of sp³-hybridized carbons (Fsp3) is 0.800. The van der Waals surface area contributed by atoms with Crippen molar-refractivity contribution >= 4 is 11.9 Å². The molecule has 8 nitrogen and oxygen atoms in total. The maximum Gasteiger partial charge on any atom is 0.302 e. The number of aliphatic hydroxyl groups excluding tert-OH is 2. The molecular formula is C10H16O8. The van der Waals surface area contributed by atoms with Crippen molar-refractivity contribution in [3.8, 4) is 0 Å². The van der Waals surface area contributed by atoms with Gasteiger partial charge in [-0.1, -0.05) is 0 Å². The Balaban J connectivity index is 2.61. The van der Waals surface area contributed by atoms with E-state index >= 15 is 0 Å². The Morgan fingerprint density at radius 1 is 1.22 bits per heavy atom. The molecule has 1 unspecified atom stereocenters. The highest BCUT2D eigenvalue weighted by atomic mass is 16.7. The predicted octanol–water partition coefficient (Wildman–Crippen LogP) is -2.08. The number of aliphatic hydroxyl groups is 3. The molecule has 1 aliphatic heterocycles. The zero-order valence-electron chi connectivity index (χ0n) is 10.0. The zero-order chi connectivity index (χ0) is 13.9. The van der Waals surface area contributed by atoms with E-state index in [0.717, 1.165) is 6.92 Å². The van der Waals surface area contributed by atoms with Crippen LogP contribution in [0.3, 0.4) is 0 Å². The van der Waals surface area contributed by atoms with Crippen molar-refractivity contribution in [3.63, 3.8) is 0 Å². The smallest absolute Gasteiger partial charge is 0.302 e. The molecule has 0 aliphatic carbocycles. The van der Waals surface area contributed by atoms with Crippen LogP contribution in [0.15, 0.2) is 0 Å². The zero-order valence-corrected chi connectivity index (χ0v) is 10.0. The minimum atomic E-state index is -2.21. The average Bonchev–Trinajstić information content (AvgIpc) is 2.49. The van der Waals surface area contributed by atoms with Gasteiger partial charge in [-0.05, 0) is 0 Å². The van der Waals surface area contributed by atoms with Crippen LogP contribution in [0.5, 0.6) is 0 Å². The van der Waals surface area contributed by atoms with E-state index < -0.39 is 42.6 Å². The van der Waals surface area contributed by atoms with Crippen LogP contribution in [-0.4, -0.2) is 64.6 Å². The van der Waals surface area contributed by atoms with Gasteiger partial charge in [0, 0.05) is 13.8 Å². The van der Waals surface area contributed by atoms with Crippen molar-refractivity contribution in [2.24, 2.45) is 0 Å². The summed E-state index contributed by atoms with van der Waals surface area (Å²) in [5.74, 6) is -3.47. The summed E-state index contributed by atoms with van der Waals surface area (Å²) in [6.45, 7) is 1.34. The lowest BCUT2D eigenvalue weighted by molar-refractivity contribution is -0.253. The topological polar surface area (TPSA) is 123 Å². The molecule has 1 saturated heterocycles. The summed E-state index contributed by atoms with van der Waals surface area (Å²) in [6.07, 6.45) is -4.22. The Kier molecular flexibility index (Phi) is 4.63. The second kappa shape index (κ2) is 5.61. The molecule has 0 bridgehead atoms. The summed E-state index contributed by atoms with van der Waals surface area (Å²) in [4.78, 5) is 21.2. The molecule has 18 heavy (non-hydrogen) atoms. The summed E-state index contributed by atoms with van der Waals surface area (Å²) in [6, 6.07) is 0. The van der Waals surface area contributed by atoms with Crippen LogP contribution in [0.4, 0.5) is 0 Å². The molecule has 0 spiro atoms. The first-order valence-corrected chi connectivity index (χ1v) is 5.29. The number of carbonyl (C=O) groups is 2. The summed E-state index contributed by atoms with van der Waals surface area (Å²) >= 11 is 0. The Hall–Kier alpha value is -1.22. The molecule has 3 N–H and O–H groups in total. The Morgan fingerprint density at radius 2 is 1.78 bits per heavy atom. The van der Waals surface area contributed by atoms with E-state index in [2.05, 4.69) is 9.47 Å². The van der Waals surface area contributed by atoms with Gasteiger partial charge >= 0.3 is 11.9 Å². The molecule has 0 amide bonds. The third kappa shape index (κ3) is 3.39. The van der Waals surface area contributed by atoms with Crippen LogP contribution in [0.1, 0.15) is 13.8 Å². The molecule has 0 saturated carbocycles. The number of carbonyl (C=O) groups excluding carboxylic acids is 2. The van der Waals surface area contributed by atoms with Gasteiger partial charge in [-0.25, -0.2) is 0 Å². The molecule has 0 aromatic carbocycles. The highest BCUT2D eigenvalue weighted by molar-refractivity contribution is 5.66. The Bertz CT molecular complexity index is 330. The fourth-order valence-corrected chi connectivity index (χ4v) is 1.53. The maximum atomic E-state index is 10.6. The quantitative estimate of drug-likeness (QED) is 0.494. The Labute approximate surface area is 103 Å². The maximum absolute atomic E-state index is 10.6. The molecule has 0 aromatic heterocycles. The summed E-state index contributed by atoms with van der Waals surface area (Å²) in [5, 5.41) is 29.1. The van der Waals surface area contributed by atoms with Gasteiger partial charge in [0.1, 0.15) is 31.5 Å². The third-order valence-electron chi connectivity index (χ3n) is 2.46. The highest BCUT2D eigenvalue weighted by Gasteiger charge is 2.54. The van der Waals surface area contributed by atoms with Crippen molar-refractivity contribution in [1.82, 2.24) is 0 Å². The fourth-order valence-electron chi connectivity index (χ4n) is 1.53. The monoisotopic (exact) mass is 264 g/mol. The standard InChI is InChI=1S/C10H16O8/c1-5(11)16-3-7-8(13)9(14)10(15,18-7)4-17-6(2)12/h7-9,13-15H,3-4H2,1-2H3/t7-,8-,9-,10?/m1/s1. The van der Waals surface area contributed by atoms with Gasteiger partial charge < -0.3 is 29.5 Å². The van der Waals surface area contributed by atoms with Crippen LogP contribution in [0.25, 0.3) is 0 Å². The summed E-state index contributed by atoms with van der Waals surface area (Å²) in [5.41, 5.74) is 0. The van der Waals surface area contributed by atoms with Gasteiger partial charge in [0.05, 0.1) is 0 Å². The van der Waals surface area contributed by atoms with Crippen molar-refractivity contribution in [3.05, 3.63) is 0 Å². The molecular weight excluding hydrogens is 248 g/mol. The van der Waals surface area contributed by atoms with Crippen LogP contribution in [0, 0.1) is 0 Å². The van der Waals surface area contributed by atoms with Crippen LogP contribution >= 0.6 is 0 Å². The third-order valence-corrected chi connectivity index (χ3v) is 2.46. The lowest BCUT2D eigenvalue weighted by atomic mass is 10.1. The number of hydrogen-bond acceptors (Lipinski definition) is 8. The van der Waals surface area contributed by atoms with Gasteiger partial charge in [-0.2, -0.15) is 0 Å². The van der Waals surface area contributed by atoms with Gasteiger partial charge in [-0.15, -0.1) is 0 Å². The number of ether oxygens (including phenoxy) is 3. The Morgan fingerprint density at radius 3 is 2.28 bits per heavy atom. The lowest BCUT2D eigenvalue weighted by Gasteiger charge is -2.24. The van der Waals surface area contributed by atoms with E-state index in [9.17, 15) is 24.9 Å². The average molecular weight is 264 g/mol. The van der Waals surface area contributed by atoms with Crippen LogP contribution in [0.2, 0.25) is 0 Å². The van der Waals surface area contributed by atoms with E-state index in [1.54, 1.807) is 0 Å². The first-order chi connectivity index (χ1) is 8.26. The molecule has 1 fully saturated rings. The van der Waals surface area contributed by atoms with E-state index in [-0.39, 0.29) is 6.61 Å². The first kappa shape index (κ1) is 14.8. The predicted molar refractivity (Wildman–Crippen MR) is 55.1 cm³/mol. The van der Waals surface area contributed by atoms with Crippen molar-refractivity contribution in [2.75, 3.05) is 13.2 Å². The second-order valence-corrected chi connectivity index (χ2v) is 4.02.